The number of unbranched alkanes of at least 4 members (excludes halogenated alkanes) is 16. The zero-order valence-corrected chi connectivity index (χ0v) is 31.9. The van der Waals surface area contributed by atoms with Crippen LogP contribution >= 0.6 is 15.9 Å². The molecule has 0 saturated heterocycles. The Bertz CT molecular complexity index is 1510. The highest BCUT2D eigenvalue weighted by Crippen LogP contribution is 2.44. The molecule has 0 saturated carbocycles. The first-order chi connectivity index (χ1) is 23.6. The predicted octanol–water partition coefficient (Wildman–Crippen LogP) is 13.7. The molecule has 0 radical (unpaired) electrons. The van der Waals surface area contributed by atoms with Crippen molar-refractivity contribution in [1.29, 1.82) is 0 Å². The average Bonchev–Trinajstić information content (AvgIpc) is 3.10. The Morgan fingerprint density at radius 3 is 1.71 bits per heavy atom. The maximum absolute atomic E-state index is 14.6. The van der Waals surface area contributed by atoms with E-state index >= 15 is 0 Å². The normalized spacial score (nSPS) is 15.1. The van der Waals surface area contributed by atoms with Gasteiger partial charge in [-0.25, -0.2) is 0 Å². The van der Waals surface area contributed by atoms with Crippen LogP contribution in [0.15, 0.2) is 34.8 Å². The Morgan fingerprint density at radius 1 is 0.625 bits per heavy atom. The number of carbonyl (C=O) groups is 2. The van der Waals surface area contributed by atoms with Gasteiger partial charge in [-0.3, -0.25) is 14.5 Å². The fourth-order valence-corrected chi connectivity index (χ4v) is 9.23. The molecule has 1 aliphatic carbocycles. The molecule has 2 aliphatic rings. The van der Waals surface area contributed by atoms with Crippen LogP contribution < -0.4 is 0 Å². The van der Waals surface area contributed by atoms with Crippen LogP contribution in [-0.4, -0.2) is 23.3 Å². The molecule has 262 valence electrons. The topological polar surface area (TPSA) is 37.4 Å². The Kier molecular flexibility index (Phi) is 14.9. The van der Waals surface area contributed by atoms with Crippen LogP contribution in [0.4, 0.5) is 0 Å². The minimum absolute atomic E-state index is 0.0394. The molecule has 3 aromatic carbocycles. The molecule has 2 amide bonds. The Hall–Kier alpha value is -2.20. The second-order valence-electron chi connectivity index (χ2n) is 15.1. The summed E-state index contributed by atoms with van der Waals surface area (Å²) in [6.45, 7) is 5.12. The molecular weight excluding hydrogens is 654 g/mol. The van der Waals surface area contributed by atoms with Gasteiger partial charge in [-0.1, -0.05) is 154 Å². The van der Waals surface area contributed by atoms with Gasteiger partial charge in [0.2, 0.25) is 0 Å². The predicted molar refractivity (Wildman–Crippen MR) is 208 cm³/mol. The van der Waals surface area contributed by atoms with Crippen molar-refractivity contribution in [3.63, 3.8) is 0 Å². The smallest absolute Gasteiger partial charge is 0.262 e. The molecule has 0 fully saturated rings. The molecule has 1 aliphatic heterocycles. The summed E-state index contributed by atoms with van der Waals surface area (Å²) in [6, 6.07) is 10.5. The van der Waals surface area contributed by atoms with Gasteiger partial charge in [-0.05, 0) is 93.7 Å². The summed E-state index contributed by atoms with van der Waals surface area (Å²) in [5.74, 6) is 0.244. The number of hydrogen-bond acceptors (Lipinski definition) is 2. The standard InChI is InChI=1S/C44H62BrNO2/c1-3-5-7-9-11-13-14-16-18-20-26-33(25-19-17-15-12-10-8-6-4-2)32-46-43(47)40-35-28-22-21-27-34(35)31-38-39(40)41(44(46)48)36-29-23-24-30-37(36)42(38)45/h23-24,29-31,33H,3-22,25-28,32H2,1-2H3. The lowest BCUT2D eigenvalue weighted by molar-refractivity contribution is 0.0578. The molecule has 48 heavy (non-hydrogen) atoms. The molecule has 0 aromatic heterocycles. The molecule has 3 nitrogen and oxygen atoms in total. The minimum Gasteiger partial charge on any atom is -0.274 e. The molecule has 5 rings (SSSR count). The lowest BCUT2D eigenvalue weighted by Gasteiger charge is -2.34. The van der Waals surface area contributed by atoms with Gasteiger partial charge in [-0.15, -0.1) is 0 Å². The minimum atomic E-state index is -0.0824. The van der Waals surface area contributed by atoms with E-state index in [1.807, 2.05) is 12.1 Å². The van der Waals surface area contributed by atoms with Crippen LogP contribution in [0.5, 0.6) is 0 Å². The first-order valence-electron chi connectivity index (χ1n) is 20.1. The largest absolute Gasteiger partial charge is 0.274 e. The second-order valence-corrected chi connectivity index (χ2v) is 15.9. The van der Waals surface area contributed by atoms with Crippen molar-refractivity contribution in [2.24, 2.45) is 5.92 Å². The van der Waals surface area contributed by atoms with Gasteiger partial charge in [-0.2, -0.15) is 0 Å². The molecule has 0 spiro atoms. The van der Waals surface area contributed by atoms with E-state index in [0.29, 0.717) is 12.5 Å². The number of hydrogen-bond donors (Lipinski definition) is 0. The number of rotatable bonds is 22. The summed E-state index contributed by atoms with van der Waals surface area (Å²) < 4.78 is 1.01. The number of amides is 2. The summed E-state index contributed by atoms with van der Waals surface area (Å²) in [5.41, 5.74) is 4.08. The van der Waals surface area contributed by atoms with Crippen LogP contribution in [0, 0.1) is 5.92 Å². The maximum Gasteiger partial charge on any atom is 0.262 e. The van der Waals surface area contributed by atoms with Crippen LogP contribution in [0.1, 0.15) is 187 Å². The van der Waals surface area contributed by atoms with Crippen molar-refractivity contribution >= 4 is 49.3 Å². The first-order valence-corrected chi connectivity index (χ1v) is 20.9. The first kappa shape index (κ1) is 37.1. The number of halogens is 1. The summed E-state index contributed by atoms with van der Waals surface area (Å²) >= 11 is 3.91. The Balaban J connectivity index is 1.32. The van der Waals surface area contributed by atoms with E-state index in [-0.39, 0.29) is 11.8 Å². The maximum atomic E-state index is 14.6. The van der Waals surface area contributed by atoms with Crippen molar-refractivity contribution in [2.45, 2.75) is 168 Å². The van der Waals surface area contributed by atoms with E-state index in [2.05, 4.69) is 48.0 Å². The number of imide groups is 1. The van der Waals surface area contributed by atoms with Gasteiger partial charge < -0.3 is 0 Å². The second kappa shape index (κ2) is 19.3. The fourth-order valence-electron chi connectivity index (χ4n) is 8.57. The molecular formula is C44H62BrNO2. The van der Waals surface area contributed by atoms with Gasteiger partial charge in [0.15, 0.2) is 0 Å². The zero-order valence-electron chi connectivity index (χ0n) is 30.3. The van der Waals surface area contributed by atoms with Gasteiger partial charge in [0.05, 0.1) is 11.1 Å². The summed E-state index contributed by atoms with van der Waals surface area (Å²) in [7, 11) is 0. The number of nitrogens with zero attached hydrogens (tertiary/aromatic N) is 1. The summed E-state index contributed by atoms with van der Waals surface area (Å²) in [4.78, 5) is 30.9. The van der Waals surface area contributed by atoms with Gasteiger partial charge in [0.1, 0.15) is 0 Å². The van der Waals surface area contributed by atoms with Gasteiger partial charge in [0.25, 0.3) is 11.8 Å². The molecule has 1 unspecified atom stereocenters. The van der Waals surface area contributed by atoms with E-state index < -0.39 is 0 Å². The third-order valence-electron chi connectivity index (χ3n) is 11.4. The molecule has 1 heterocycles. The quantitative estimate of drug-likeness (QED) is 0.0590. The summed E-state index contributed by atoms with van der Waals surface area (Å²) in [6.07, 6.45) is 30.2. The zero-order chi connectivity index (χ0) is 33.7. The van der Waals surface area contributed by atoms with Gasteiger partial charge in [0, 0.05) is 16.4 Å². The fraction of sp³-hybridized carbons (Fsp3) is 0.636. The highest BCUT2D eigenvalue weighted by atomic mass is 79.9. The lowest BCUT2D eigenvalue weighted by Crippen LogP contribution is -2.44. The molecule has 0 bridgehead atoms. The monoisotopic (exact) mass is 715 g/mol. The van der Waals surface area contributed by atoms with E-state index in [4.69, 9.17) is 0 Å². The van der Waals surface area contributed by atoms with Crippen molar-refractivity contribution in [1.82, 2.24) is 4.90 Å². The SMILES string of the molecule is CCCCCCCCCCCCC(CCCCCCCCCC)CN1C(=O)c2c3c(cc4c(Br)c5ccccc5c(c24)C1=O)CCCC3. The number of carbonyl (C=O) groups excluding carboxylic acids is 2. The van der Waals surface area contributed by atoms with Crippen molar-refractivity contribution in [3.8, 4) is 0 Å². The summed E-state index contributed by atoms with van der Waals surface area (Å²) in [5, 5.41) is 3.94. The number of fused-ring (bicyclic) bond motifs is 4. The van der Waals surface area contributed by atoms with Crippen LogP contribution in [-0.2, 0) is 12.8 Å². The van der Waals surface area contributed by atoms with E-state index in [0.717, 1.165) is 75.7 Å². The lowest BCUT2D eigenvalue weighted by atomic mass is 9.80. The highest BCUT2D eigenvalue weighted by Gasteiger charge is 2.38. The molecule has 4 heteroatoms. The van der Waals surface area contributed by atoms with Crippen LogP contribution in [0.2, 0.25) is 0 Å². The Morgan fingerprint density at radius 2 is 1.12 bits per heavy atom. The van der Waals surface area contributed by atoms with Crippen molar-refractivity contribution in [3.05, 3.63) is 57.1 Å². The van der Waals surface area contributed by atoms with Crippen LogP contribution in [0.3, 0.4) is 0 Å². The van der Waals surface area contributed by atoms with E-state index in [9.17, 15) is 9.59 Å². The molecule has 3 aromatic rings. The van der Waals surface area contributed by atoms with Crippen molar-refractivity contribution in [2.75, 3.05) is 6.54 Å². The number of benzene rings is 3. The van der Waals surface area contributed by atoms with Crippen LogP contribution in [0.25, 0.3) is 21.5 Å². The molecule has 0 N–H and O–H groups in total. The van der Waals surface area contributed by atoms with Gasteiger partial charge >= 0.3 is 0 Å². The third-order valence-corrected chi connectivity index (χ3v) is 12.2. The highest BCUT2D eigenvalue weighted by molar-refractivity contribution is 9.10. The third kappa shape index (κ3) is 9.12. The van der Waals surface area contributed by atoms with E-state index in [1.165, 1.54) is 127 Å². The van der Waals surface area contributed by atoms with Crippen molar-refractivity contribution < 1.29 is 9.59 Å². The number of aryl methyl sites for hydroxylation is 1. The average molecular weight is 717 g/mol. The van der Waals surface area contributed by atoms with E-state index in [1.54, 1.807) is 4.90 Å². The Labute approximate surface area is 300 Å². The molecule has 1 atom stereocenters.